The van der Waals surface area contributed by atoms with Crippen LogP contribution >= 0.6 is 0 Å². The van der Waals surface area contributed by atoms with Gasteiger partial charge in [0.05, 0.1) is 24.2 Å². The van der Waals surface area contributed by atoms with E-state index in [1.165, 1.54) is 0 Å². The Morgan fingerprint density at radius 3 is 2.95 bits per heavy atom. The van der Waals surface area contributed by atoms with Crippen LogP contribution in [0.3, 0.4) is 0 Å². The van der Waals surface area contributed by atoms with Crippen molar-refractivity contribution in [2.24, 2.45) is 5.73 Å². The predicted octanol–water partition coefficient (Wildman–Crippen LogP) is 3.42. The lowest BCUT2D eigenvalue weighted by Crippen LogP contribution is -2.16. The van der Waals surface area contributed by atoms with Gasteiger partial charge in [-0.15, -0.1) is 6.58 Å². The highest BCUT2D eigenvalue weighted by molar-refractivity contribution is 5.78. The third-order valence-electron chi connectivity index (χ3n) is 3.50. The van der Waals surface area contributed by atoms with E-state index in [-0.39, 0.29) is 6.04 Å². The van der Waals surface area contributed by atoms with E-state index in [1.54, 1.807) is 7.11 Å². The van der Waals surface area contributed by atoms with E-state index in [0.717, 1.165) is 48.4 Å². The van der Waals surface area contributed by atoms with Crippen LogP contribution in [0.2, 0.25) is 0 Å². The highest BCUT2D eigenvalue weighted by atomic mass is 16.5. The number of allylic oxidation sites excluding steroid dienone is 1. The maximum atomic E-state index is 6.30. The van der Waals surface area contributed by atoms with Gasteiger partial charge in [-0.2, -0.15) is 0 Å². The van der Waals surface area contributed by atoms with Crippen molar-refractivity contribution >= 4 is 11.0 Å². The molecule has 1 unspecified atom stereocenters. The van der Waals surface area contributed by atoms with E-state index in [2.05, 4.69) is 18.1 Å². The highest BCUT2D eigenvalue weighted by Gasteiger charge is 2.16. The van der Waals surface area contributed by atoms with Gasteiger partial charge in [0.1, 0.15) is 11.6 Å². The lowest BCUT2D eigenvalue weighted by molar-refractivity contribution is 0.415. The number of methoxy groups -OCH3 is 1. The summed E-state index contributed by atoms with van der Waals surface area (Å²) in [5, 5.41) is 0. The van der Waals surface area contributed by atoms with E-state index < -0.39 is 0 Å². The van der Waals surface area contributed by atoms with Crippen molar-refractivity contribution in [1.82, 2.24) is 9.55 Å². The summed E-state index contributed by atoms with van der Waals surface area (Å²) in [6, 6.07) is 5.89. The topological polar surface area (TPSA) is 53.1 Å². The van der Waals surface area contributed by atoms with Crippen LogP contribution in [0, 0.1) is 0 Å². The quantitative estimate of drug-likeness (QED) is 0.786. The van der Waals surface area contributed by atoms with Crippen LogP contribution in [0.1, 0.15) is 38.1 Å². The first kappa shape index (κ1) is 14.6. The molecule has 4 nitrogen and oxygen atoms in total. The molecule has 0 spiro atoms. The molecule has 0 aliphatic heterocycles. The fourth-order valence-electron chi connectivity index (χ4n) is 2.41. The molecule has 1 atom stereocenters. The van der Waals surface area contributed by atoms with Crippen LogP contribution in [0.15, 0.2) is 30.9 Å². The van der Waals surface area contributed by atoms with E-state index in [9.17, 15) is 0 Å². The van der Waals surface area contributed by atoms with Crippen LogP contribution in [0.25, 0.3) is 11.0 Å². The van der Waals surface area contributed by atoms with Crippen LogP contribution in [0.5, 0.6) is 5.75 Å². The van der Waals surface area contributed by atoms with E-state index in [4.69, 9.17) is 15.5 Å². The first-order chi connectivity index (χ1) is 9.71. The molecule has 2 rings (SSSR count). The lowest BCUT2D eigenvalue weighted by Gasteiger charge is -2.13. The number of fused-ring (bicyclic) bond motifs is 1. The monoisotopic (exact) mass is 273 g/mol. The van der Waals surface area contributed by atoms with Crippen molar-refractivity contribution in [3.05, 3.63) is 36.7 Å². The summed E-state index contributed by atoms with van der Waals surface area (Å²) in [6.07, 6.45) is 5.08. The molecule has 0 amide bonds. The van der Waals surface area contributed by atoms with Crippen molar-refractivity contribution in [2.75, 3.05) is 7.11 Å². The minimum Gasteiger partial charge on any atom is -0.497 e. The summed E-state index contributed by atoms with van der Waals surface area (Å²) >= 11 is 0. The summed E-state index contributed by atoms with van der Waals surface area (Å²) in [5.41, 5.74) is 8.30. The molecule has 0 saturated heterocycles. The zero-order valence-corrected chi connectivity index (χ0v) is 12.3. The molecule has 0 fully saturated rings. The number of imidazole rings is 1. The Morgan fingerprint density at radius 1 is 1.50 bits per heavy atom. The Labute approximate surface area is 120 Å². The van der Waals surface area contributed by atoms with Gasteiger partial charge < -0.3 is 15.0 Å². The molecular formula is C16H23N3O. The van der Waals surface area contributed by atoms with Crippen molar-refractivity contribution in [3.8, 4) is 5.75 Å². The minimum absolute atomic E-state index is 0.0340. The zero-order valence-electron chi connectivity index (χ0n) is 12.3. The Kier molecular flexibility index (Phi) is 4.79. The van der Waals surface area contributed by atoms with Crippen molar-refractivity contribution in [2.45, 2.75) is 38.8 Å². The summed E-state index contributed by atoms with van der Waals surface area (Å²) in [6.45, 7) is 6.72. The van der Waals surface area contributed by atoms with Gasteiger partial charge in [0.2, 0.25) is 0 Å². The molecule has 1 aromatic carbocycles. The molecule has 0 bridgehead atoms. The number of ether oxygens (including phenoxy) is 1. The van der Waals surface area contributed by atoms with Crippen LogP contribution in [0.4, 0.5) is 0 Å². The van der Waals surface area contributed by atoms with Gasteiger partial charge in [0.15, 0.2) is 0 Å². The Balaban J connectivity index is 2.45. The zero-order chi connectivity index (χ0) is 14.5. The molecular weight excluding hydrogens is 250 g/mol. The minimum atomic E-state index is -0.0340. The second-order valence-corrected chi connectivity index (χ2v) is 4.97. The average Bonchev–Trinajstić information content (AvgIpc) is 2.83. The van der Waals surface area contributed by atoms with Gasteiger partial charge >= 0.3 is 0 Å². The summed E-state index contributed by atoms with van der Waals surface area (Å²) < 4.78 is 7.40. The molecule has 20 heavy (non-hydrogen) atoms. The highest BCUT2D eigenvalue weighted by Crippen LogP contribution is 2.25. The van der Waals surface area contributed by atoms with Gasteiger partial charge in [0, 0.05) is 12.6 Å². The second kappa shape index (κ2) is 6.57. The number of nitrogens with two attached hydrogens (primary N) is 1. The van der Waals surface area contributed by atoms with Crippen LogP contribution < -0.4 is 10.5 Å². The maximum absolute atomic E-state index is 6.30. The van der Waals surface area contributed by atoms with E-state index in [0.29, 0.717) is 0 Å². The Morgan fingerprint density at radius 2 is 2.30 bits per heavy atom. The Hall–Kier alpha value is -1.81. The second-order valence-electron chi connectivity index (χ2n) is 4.97. The third-order valence-corrected chi connectivity index (χ3v) is 3.50. The number of rotatable bonds is 7. The number of aromatic nitrogens is 2. The smallest absolute Gasteiger partial charge is 0.127 e. The number of unbranched alkanes of at least 4 members (excludes halogenated alkanes) is 1. The molecule has 0 saturated carbocycles. The van der Waals surface area contributed by atoms with Crippen LogP contribution in [-0.2, 0) is 6.54 Å². The summed E-state index contributed by atoms with van der Waals surface area (Å²) in [5.74, 6) is 1.75. The number of hydrogen-bond donors (Lipinski definition) is 1. The molecule has 0 aliphatic carbocycles. The van der Waals surface area contributed by atoms with E-state index in [1.807, 2.05) is 24.3 Å². The SMILES string of the molecule is C=CCn1c(C(N)CCCC)nc2cc(OC)ccc21. The number of hydrogen-bond acceptors (Lipinski definition) is 3. The average molecular weight is 273 g/mol. The summed E-state index contributed by atoms with van der Waals surface area (Å²) in [4.78, 5) is 4.70. The molecule has 0 radical (unpaired) electrons. The molecule has 108 valence electrons. The predicted molar refractivity (Wildman–Crippen MR) is 82.9 cm³/mol. The molecule has 1 heterocycles. The molecule has 4 heteroatoms. The van der Waals surface area contributed by atoms with E-state index >= 15 is 0 Å². The summed E-state index contributed by atoms with van der Waals surface area (Å²) in [7, 11) is 1.66. The fraction of sp³-hybridized carbons (Fsp3) is 0.438. The number of nitrogens with zero attached hydrogens (tertiary/aromatic N) is 2. The molecule has 1 aromatic heterocycles. The van der Waals surface area contributed by atoms with Gasteiger partial charge in [-0.25, -0.2) is 4.98 Å². The first-order valence-electron chi connectivity index (χ1n) is 7.11. The van der Waals surface area contributed by atoms with Crippen molar-refractivity contribution in [3.63, 3.8) is 0 Å². The molecule has 0 aliphatic rings. The van der Waals surface area contributed by atoms with Crippen molar-refractivity contribution in [1.29, 1.82) is 0 Å². The van der Waals surface area contributed by atoms with Gasteiger partial charge in [0.25, 0.3) is 0 Å². The third kappa shape index (κ3) is 2.85. The molecule has 2 aromatic rings. The van der Waals surface area contributed by atoms with Gasteiger partial charge in [-0.05, 0) is 18.6 Å². The first-order valence-corrected chi connectivity index (χ1v) is 7.11. The van der Waals surface area contributed by atoms with Gasteiger partial charge in [-0.3, -0.25) is 0 Å². The maximum Gasteiger partial charge on any atom is 0.127 e. The van der Waals surface area contributed by atoms with Crippen molar-refractivity contribution < 1.29 is 4.74 Å². The van der Waals surface area contributed by atoms with Crippen LogP contribution in [-0.4, -0.2) is 16.7 Å². The Bertz CT molecular complexity index is 589. The molecule has 2 N–H and O–H groups in total. The lowest BCUT2D eigenvalue weighted by atomic mass is 10.1. The normalized spacial score (nSPS) is 12.6. The van der Waals surface area contributed by atoms with Gasteiger partial charge in [-0.1, -0.05) is 25.8 Å². The standard InChI is InChI=1S/C16H23N3O/c1-4-6-7-13(17)16-18-14-11-12(20-3)8-9-15(14)19(16)10-5-2/h5,8-9,11,13H,2,4,6-7,10,17H2,1,3H3. The number of benzene rings is 1. The fourth-order valence-corrected chi connectivity index (χ4v) is 2.41. The largest absolute Gasteiger partial charge is 0.497 e.